The summed E-state index contributed by atoms with van der Waals surface area (Å²) in [5.74, 6) is 0. The molecule has 0 rings (SSSR count). The van der Waals surface area contributed by atoms with E-state index in [4.69, 9.17) is 0 Å². The van der Waals surface area contributed by atoms with Crippen LogP contribution in [0.5, 0.6) is 0 Å². The molecule has 0 aliphatic carbocycles. The van der Waals surface area contributed by atoms with Gasteiger partial charge in [-0.1, -0.05) is 91.9 Å². The predicted octanol–water partition coefficient (Wildman–Crippen LogP) is 6.86. The van der Waals surface area contributed by atoms with Crippen molar-refractivity contribution >= 4 is 0 Å². The minimum atomic E-state index is 0.426. The second kappa shape index (κ2) is 14.9. The summed E-state index contributed by atoms with van der Waals surface area (Å²) in [6.07, 6.45) is 19.4. The van der Waals surface area contributed by atoms with E-state index >= 15 is 0 Å². The smallest absolute Gasteiger partial charge is 0.0176 e. The van der Waals surface area contributed by atoms with Crippen molar-refractivity contribution in [1.29, 1.82) is 0 Å². The van der Waals surface area contributed by atoms with Crippen LogP contribution in [0.15, 0.2) is 0 Å². The number of unbranched alkanes of at least 4 members (excludes halogenated alkanes) is 9. The van der Waals surface area contributed by atoms with Gasteiger partial charge >= 0.3 is 0 Å². The molecule has 0 aromatic heterocycles. The minimum Gasteiger partial charge on any atom is -0.311 e. The number of rotatable bonds is 16. The molecule has 0 bridgehead atoms. The minimum absolute atomic E-state index is 0.426. The first-order chi connectivity index (χ1) is 10.2. The third kappa shape index (κ3) is 11.2. The van der Waals surface area contributed by atoms with Crippen LogP contribution in [0.4, 0.5) is 0 Å². The Kier molecular flexibility index (Phi) is 14.9. The van der Waals surface area contributed by atoms with Gasteiger partial charge in [0, 0.05) is 5.54 Å². The van der Waals surface area contributed by atoms with Gasteiger partial charge < -0.3 is 5.32 Å². The Morgan fingerprint density at radius 1 is 0.571 bits per heavy atom. The second-order valence-corrected chi connectivity index (χ2v) is 6.85. The third-order valence-electron chi connectivity index (χ3n) is 5.14. The average Bonchev–Trinajstić information content (AvgIpc) is 2.52. The highest BCUT2D eigenvalue weighted by Gasteiger charge is 2.24. The first-order valence-corrected chi connectivity index (χ1v) is 9.99. The molecule has 0 aromatic rings. The molecule has 0 saturated carbocycles. The topological polar surface area (TPSA) is 12.0 Å². The van der Waals surface area contributed by atoms with Crippen LogP contribution in [-0.4, -0.2) is 12.1 Å². The maximum atomic E-state index is 3.91. The lowest BCUT2D eigenvalue weighted by Crippen LogP contribution is -2.44. The zero-order valence-electron chi connectivity index (χ0n) is 15.6. The molecule has 0 unspecified atom stereocenters. The van der Waals surface area contributed by atoms with Crippen molar-refractivity contribution in [2.75, 3.05) is 6.54 Å². The van der Waals surface area contributed by atoms with Crippen molar-refractivity contribution in [3.8, 4) is 0 Å². The second-order valence-electron chi connectivity index (χ2n) is 6.85. The molecule has 1 N–H and O–H groups in total. The van der Waals surface area contributed by atoms with Gasteiger partial charge in [-0.2, -0.15) is 0 Å². The largest absolute Gasteiger partial charge is 0.311 e. The van der Waals surface area contributed by atoms with E-state index in [9.17, 15) is 0 Å². The van der Waals surface area contributed by atoms with Gasteiger partial charge in [-0.3, -0.25) is 0 Å². The Labute approximate surface area is 135 Å². The number of hydrogen-bond donors (Lipinski definition) is 1. The first-order valence-electron chi connectivity index (χ1n) is 9.99. The van der Waals surface area contributed by atoms with E-state index in [1.165, 1.54) is 96.4 Å². The van der Waals surface area contributed by atoms with Crippen molar-refractivity contribution in [3.05, 3.63) is 0 Å². The standard InChI is InChI=1S/C20H43N/c1-5-9-11-13-15-17-19-21-20(7-3,8-4)18-16-14-12-10-6-2/h21H,5-19H2,1-4H3. The molecular weight excluding hydrogens is 254 g/mol. The Hall–Kier alpha value is -0.0400. The zero-order chi connectivity index (χ0) is 15.8. The fourth-order valence-electron chi connectivity index (χ4n) is 3.27. The molecule has 0 aliphatic heterocycles. The summed E-state index contributed by atoms with van der Waals surface area (Å²) in [6, 6.07) is 0. The van der Waals surface area contributed by atoms with Gasteiger partial charge in [0.25, 0.3) is 0 Å². The molecule has 0 fully saturated rings. The molecule has 1 heteroatoms. The fourth-order valence-corrected chi connectivity index (χ4v) is 3.27. The van der Waals surface area contributed by atoms with Crippen LogP contribution in [-0.2, 0) is 0 Å². The maximum Gasteiger partial charge on any atom is 0.0176 e. The third-order valence-corrected chi connectivity index (χ3v) is 5.14. The summed E-state index contributed by atoms with van der Waals surface area (Å²) < 4.78 is 0. The quantitative estimate of drug-likeness (QED) is 0.307. The van der Waals surface area contributed by atoms with Crippen molar-refractivity contribution in [2.45, 2.75) is 123 Å². The van der Waals surface area contributed by atoms with Gasteiger partial charge in [-0.15, -0.1) is 0 Å². The Morgan fingerprint density at radius 2 is 1.05 bits per heavy atom. The van der Waals surface area contributed by atoms with Crippen LogP contribution in [0.1, 0.15) is 118 Å². The number of hydrogen-bond acceptors (Lipinski definition) is 1. The fraction of sp³-hybridized carbons (Fsp3) is 1.00. The van der Waals surface area contributed by atoms with Crippen LogP contribution in [0.2, 0.25) is 0 Å². The molecule has 0 spiro atoms. The van der Waals surface area contributed by atoms with Crippen molar-refractivity contribution in [2.24, 2.45) is 0 Å². The van der Waals surface area contributed by atoms with Gasteiger partial charge in [0.15, 0.2) is 0 Å². The molecule has 1 nitrogen and oxygen atoms in total. The van der Waals surface area contributed by atoms with Crippen LogP contribution < -0.4 is 5.32 Å². The SMILES string of the molecule is CCCCCCCCNC(CC)(CC)CCCCCCC. The summed E-state index contributed by atoms with van der Waals surface area (Å²) in [7, 11) is 0. The van der Waals surface area contributed by atoms with Crippen LogP contribution in [0, 0.1) is 0 Å². The van der Waals surface area contributed by atoms with Gasteiger partial charge in [0.1, 0.15) is 0 Å². The molecule has 0 atom stereocenters. The molecule has 0 amide bonds. The Balaban J connectivity index is 3.77. The van der Waals surface area contributed by atoms with Gasteiger partial charge in [0.05, 0.1) is 0 Å². The highest BCUT2D eigenvalue weighted by Crippen LogP contribution is 2.23. The van der Waals surface area contributed by atoms with E-state index in [-0.39, 0.29) is 0 Å². The highest BCUT2D eigenvalue weighted by molar-refractivity contribution is 4.85. The van der Waals surface area contributed by atoms with Gasteiger partial charge in [0.2, 0.25) is 0 Å². The first kappa shape index (κ1) is 21.0. The van der Waals surface area contributed by atoms with Gasteiger partial charge in [-0.25, -0.2) is 0 Å². The van der Waals surface area contributed by atoms with Gasteiger partial charge in [-0.05, 0) is 32.2 Å². The molecular formula is C20H43N. The van der Waals surface area contributed by atoms with E-state index in [2.05, 4.69) is 33.0 Å². The molecule has 0 heterocycles. The summed E-state index contributed by atoms with van der Waals surface area (Å²) in [6.45, 7) is 10.5. The number of nitrogens with one attached hydrogen (secondary N) is 1. The zero-order valence-corrected chi connectivity index (χ0v) is 15.6. The Morgan fingerprint density at radius 3 is 1.57 bits per heavy atom. The maximum absolute atomic E-state index is 3.91. The molecule has 0 radical (unpaired) electrons. The lowest BCUT2D eigenvalue weighted by atomic mass is 9.86. The summed E-state index contributed by atoms with van der Waals surface area (Å²) in [5.41, 5.74) is 0.426. The van der Waals surface area contributed by atoms with E-state index in [1.54, 1.807) is 0 Å². The molecule has 0 aromatic carbocycles. The summed E-state index contributed by atoms with van der Waals surface area (Å²) in [4.78, 5) is 0. The van der Waals surface area contributed by atoms with Crippen molar-refractivity contribution < 1.29 is 0 Å². The Bertz CT molecular complexity index is 196. The summed E-state index contributed by atoms with van der Waals surface area (Å²) >= 11 is 0. The van der Waals surface area contributed by atoms with E-state index in [0.717, 1.165) is 0 Å². The van der Waals surface area contributed by atoms with Crippen LogP contribution in [0.3, 0.4) is 0 Å². The normalized spacial score (nSPS) is 12.0. The molecule has 0 aliphatic rings. The molecule has 21 heavy (non-hydrogen) atoms. The lowest BCUT2D eigenvalue weighted by molar-refractivity contribution is 0.268. The van der Waals surface area contributed by atoms with Crippen LogP contribution >= 0.6 is 0 Å². The van der Waals surface area contributed by atoms with E-state index in [1.807, 2.05) is 0 Å². The van der Waals surface area contributed by atoms with Crippen molar-refractivity contribution in [3.63, 3.8) is 0 Å². The van der Waals surface area contributed by atoms with Crippen molar-refractivity contribution in [1.82, 2.24) is 5.32 Å². The predicted molar refractivity (Wildman–Crippen MR) is 98.1 cm³/mol. The van der Waals surface area contributed by atoms with Crippen LogP contribution in [0.25, 0.3) is 0 Å². The molecule has 0 saturated heterocycles. The average molecular weight is 298 g/mol. The molecule has 128 valence electrons. The lowest BCUT2D eigenvalue weighted by Gasteiger charge is -2.33. The summed E-state index contributed by atoms with van der Waals surface area (Å²) in [5, 5.41) is 3.91. The van der Waals surface area contributed by atoms with E-state index < -0.39 is 0 Å². The highest BCUT2D eigenvalue weighted by atomic mass is 15.0. The van der Waals surface area contributed by atoms with E-state index in [0.29, 0.717) is 5.54 Å². The monoisotopic (exact) mass is 297 g/mol.